The molecule has 3 rings (SSSR count). The summed E-state index contributed by atoms with van der Waals surface area (Å²) in [6, 6.07) is 14.0. The predicted octanol–water partition coefficient (Wildman–Crippen LogP) is 1.81. The van der Waals surface area contributed by atoms with Gasteiger partial charge in [0.2, 0.25) is 5.91 Å². The first kappa shape index (κ1) is 25.6. The normalized spacial score (nSPS) is 13.8. The Kier molecular flexibility index (Phi) is 7.68. The molecular weight excluding hydrogens is 450 g/mol. The Morgan fingerprint density at radius 2 is 1.49 bits per heavy atom. The molecule has 9 heteroatoms. The van der Waals surface area contributed by atoms with Crippen LogP contribution < -0.4 is 5.32 Å². The number of imide groups is 1. The van der Waals surface area contributed by atoms with Gasteiger partial charge in [-0.2, -0.15) is 0 Å². The summed E-state index contributed by atoms with van der Waals surface area (Å²) in [6.45, 7) is 4.62. The summed E-state index contributed by atoms with van der Waals surface area (Å²) >= 11 is 0. The number of esters is 1. The van der Waals surface area contributed by atoms with E-state index in [1.165, 1.54) is 19.2 Å². The number of fused-ring (bicyclic) bond motifs is 1. The van der Waals surface area contributed by atoms with E-state index in [9.17, 15) is 24.0 Å². The fourth-order valence-corrected chi connectivity index (χ4v) is 3.71. The lowest BCUT2D eigenvalue weighted by molar-refractivity contribution is -0.155. The van der Waals surface area contributed by atoms with E-state index in [4.69, 9.17) is 4.74 Å². The molecule has 0 aliphatic carbocycles. The molecule has 184 valence electrons. The molecule has 0 fully saturated rings. The summed E-state index contributed by atoms with van der Waals surface area (Å²) < 4.78 is 5.24. The van der Waals surface area contributed by atoms with Crippen LogP contribution in [0.1, 0.15) is 47.1 Å². The third kappa shape index (κ3) is 6.32. The molecule has 1 heterocycles. The van der Waals surface area contributed by atoms with Crippen LogP contribution in [0.15, 0.2) is 54.6 Å². The molecule has 0 unspecified atom stereocenters. The molecule has 2 aromatic rings. The highest BCUT2D eigenvalue weighted by Gasteiger charge is 2.43. The lowest BCUT2D eigenvalue weighted by Crippen LogP contribution is -2.48. The molecule has 35 heavy (non-hydrogen) atoms. The zero-order valence-corrected chi connectivity index (χ0v) is 20.2. The van der Waals surface area contributed by atoms with E-state index in [1.807, 2.05) is 26.8 Å². The Hall–Kier alpha value is -4.01. The van der Waals surface area contributed by atoms with E-state index < -0.39 is 41.9 Å². The van der Waals surface area contributed by atoms with Crippen molar-refractivity contribution in [2.75, 3.05) is 20.2 Å². The third-order valence-corrected chi connectivity index (χ3v) is 5.34. The van der Waals surface area contributed by atoms with Crippen LogP contribution in [-0.2, 0) is 25.5 Å². The van der Waals surface area contributed by atoms with Gasteiger partial charge < -0.3 is 15.0 Å². The van der Waals surface area contributed by atoms with Crippen molar-refractivity contribution in [1.29, 1.82) is 0 Å². The first-order valence-corrected chi connectivity index (χ1v) is 11.2. The molecule has 0 radical (unpaired) electrons. The van der Waals surface area contributed by atoms with Gasteiger partial charge in [-0.1, -0.05) is 42.5 Å². The minimum absolute atomic E-state index is 0.0309. The van der Waals surface area contributed by atoms with Crippen LogP contribution >= 0.6 is 0 Å². The van der Waals surface area contributed by atoms with E-state index in [0.717, 1.165) is 9.80 Å². The molecule has 1 atom stereocenters. The molecule has 4 amide bonds. The lowest BCUT2D eigenvalue weighted by Gasteiger charge is -2.25. The van der Waals surface area contributed by atoms with Crippen molar-refractivity contribution in [3.8, 4) is 0 Å². The van der Waals surface area contributed by atoms with E-state index in [1.54, 1.807) is 36.4 Å². The molecule has 1 aliphatic heterocycles. The smallest absolute Gasteiger partial charge is 0.330 e. The molecule has 0 saturated carbocycles. The van der Waals surface area contributed by atoms with Crippen molar-refractivity contribution in [3.63, 3.8) is 0 Å². The van der Waals surface area contributed by atoms with Gasteiger partial charge in [-0.15, -0.1) is 0 Å². The van der Waals surface area contributed by atoms with Crippen LogP contribution in [0.3, 0.4) is 0 Å². The second-order valence-electron chi connectivity index (χ2n) is 9.39. The van der Waals surface area contributed by atoms with Crippen LogP contribution in [-0.4, -0.2) is 71.2 Å². The molecule has 0 aromatic heterocycles. The van der Waals surface area contributed by atoms with E-state index >= 15 is 0 Å². The van der Waals surface area contributed by atoms with Gasteiger partial charge in [0.25, 0.3) is 17.7 Å². The zero-order valence-electron chi connectivity index (χ0n) is 20.2. The number of amides is 4. The minimum Gasteiger partial charge on any atom is -0.454 e. The Morgan fingerprint density at radius 3 is 2.03 bits per heavy atom. The fourth-order valence-electron chi connectivity index (χ4n) is 3.71. The number of nitrogens with zero attached hydrogens (tertiary/aromatic N) is 2. The first-order chi connectivity index (χ1) is 16.5. The maximum atomic E-state index is 13.1. The topological polar surface area (TPSA) is 113 Å². The summed E-state index contributed by atoms with van der Waals surface area (Å²) in [6.07, 6.45) is 0.0309. The van der Waals surface area contributed by atoms with E-state index in [2.05, 4.69) is 5.32 Å². The first-order valence-electron chi connectivity index (χ1n) is 11.2. The van der Waals surface area contributed by atoms with Gasteiger partial charge in [0, 0.05) is 19.0 Å². The summed E-state index contributed by atoms with van der Waals surface area (Å²) in [5, 5.41) is 2.75. The second kappa shape index (κ2) is 10.5. The highest BCUT2D eigenvalue weighted by molar-refractivity contribution is 6.22. The summed E-state index contributed by atoms with van der Waals surface area (Å²) in [7, 11) is 1.42. The Morgan fingerprint density at radius 1 is 0.943 bits per heavy atom. The number of hydrogen-bond donors (Lipinski definition) is 1. The third-order valence-electron chi connectivity index (χ3n) is 5.34. The molecular formula is C26H29N3O6. The summed E-state index contributed by atoms with van der Waals surface area (Å²) in [5.74, 6) is -3.02. The fraction of sp³-hybridized carbons (Fsp3) is 0.346. The average Bonchev–Trinajstić information content (AvgIpc) is 3.05. The van der Waals surface area contributed by atoms with Crippen LogP contribution in [0.4, 0.5) is 0 Å². The maximum absolute atomic E-state index is 13.1. The number of carbonyl (C=O) groups is 5. The molecule has 0 bridgehead atoms. The van der Waals surface area contributed by atoms with Gasteiger partial charge >= 0.3 is 5.97 Å². The molecule has 1 N–H and O–H groups in total. The zero-order chi connectivity index (χ0) is 25.8. The number of benzene rings is 2. The second-order valence-corrected chi connectivity index (χ2v) is 9.39. The monoisotopic (exact) mass is 479 g/mol. The van der Waals surface area contributed by atoms with Gasteiger partial charge in [0.15, 0.2) is 6.61 Å². The number of rotatable bonds is 8. The number of hydrogen-bond acceptors (Lipinski definition) is 6. The van der Waals surface area contributed by atoms with Gasteiger partial charge in [-0.3, -0.25) is 24.1 Å². The maximum Gasteiger partial charge on any atom is 0.330 e. The van der Waals surface area contributed by atoms with Gasteiger partial charge in [0.05, 0.1) is 17.7 Å². The van der Waals surface area contributed by atoms with Crippen LogP contribution in [0.5, 0.6) is 0 Å². The molecule has 2 aromatic carbocycles. The highest BCUT2D eigenvalue weighted by Crippen LogP contribution is 2.26. The van der Waals surface area contributed by atoms with Crippen molar-refractivity contribution in [2.45, 2.75) is 38.8 Å². The van der Waals surface area contributed by atoms with Gasteiger partial charge in [0.1, 0.15) is 6.04 Å². The quantitative estimate of drug-likeness (QED) is 0.456. The van der Waals surface area contributed by atoms with Gasteiger partial charge in [-0.05, 0) is 38.5 Å². The van der Waals surface area contributed by atoms with Crippen LogP contribution in [0, 0.1) is 0 Å². The van der Waals surface area contributed by atoms with E-state index in [0.29, 0.717) is 5.56 Å². The standard InChI is InChI=1S/C26H29N3O6/c1-26(2,3)27-21(30)15-28(4)22(31)16-35-25(34)20(14-17-10-6-5-7-11-17)29-23(32)18-12-8-9-13-19(18)24(29)33/h5-13,20H,14-16H2,1-4H3,(H,27,30)/t20-/m0/s1. The SMILES string of the molecule is CN(CC(=O)NC(C)(C)C)C(=O)COC(=O)[C@H](Cc1ccccc1)N1C(=O)c2ccccc2C1=O. The predicted molar refractivity (Wildman–Crippen MR) is 127 cm³/mol. The van der Waals surface area contributed by atoms with Crippen molar-refractivity contribution >= 4 is 29.6 Å². The number of nitrogens with one attached hydrogen (secondary N) is 1. The van der Waals surface area contributed by atoms with Crippen molar-refractivity contribution < 1.29 is 28.7 Å². The largest absolute Gasteiger partial charge is 0.454 e. The summed E-state index contributed by atoms with van der Waals surface area (Å²) in [5.41, 5.74) is 0.686. The number of carbonyl (C=O) groups excluding carboxylic acids is 5. The molecule has 9 nitrogen and oxygen atoms in total. The minimum atomic E-state index is -1.26. The Bertz CT molecular complexity index is 1100. The highest BCUT2D eigenvalue weighted by atomic mass is 16.5. The summed E-state index contributed by atoms with van der Waals surface area (Å²) in [4.78, 5) is 65.7. The number of ether oxygens (including phenoxy) is 1. The Labute approximate surface area is 204 Å². The molecule has 0 saturated heterocycles. The lowest BCUT2D eigenvalue weighted by atomic mass is 10.0. The van der Waals surface area contributed by atoms with Gasteiger partial charge in [-0.25, -0.2) is 4.79 Å². The van der Waals surface area contributed by atoms with Crippen molar-refractivity contribution in [2.24, 2.45) is 0 Å². The van der Waals surface area contributed by atoms with Crippen LogP contribution in [0.2, 0.25) is 0 Å². The van der Waals surface area contributed by atoms with Crippen molar-refractivity contribution in [3.05, 3.63) is 71.3 Å². The van der Waals surface area contributed by atoms with Crippen LogP contribution in [0.25, 0.3) is 0 Å². The molecule has 1 aliphatic rings. The average molecular weight is 480 g/mol. The molecule has 0 spiro atoms. The van der Waals surface area contributed by atoms with Crippen molar-refractivity contribution in [1.82, 2.24) is 15.1 Å². The Balaban J connectivity index is 1.72. The number of likely N-dealkylation sites (N-methyl/N-ethyl adjacent to an activating group) is 1. The van der Waals surface area contributed by atoms with E-state index in [-0.39, 0.29) is 30.0 Å².